The first kappa shape index (κ1) is 14.1. The maximum Gasteiger partial charge on any atom is 0.171 e. The summed E-state index contributed by atoms with van der Waals surface area (Å²) < 4.78 is 5.20. The van der Waals surface area contributed by atoms with Crippen molar-refractivity contribution in [3.63, 3.8) is 0 Å². The van der Waals surface area contributed by atoms with Gasteiger partial charge in [-0.25, -0.2) is 0 Å². The Morgan fingerprint density at radius 2 is 2.00 bits per heavy atom. The normalized spacial score (nSPS) is 15.9. The van der Waals surface area contributed by atoms with E-state index in [0.29, 0.717) is 6.04 Å². The van der Waals surface area contributed by atoms with E-state index >= 15 is 0 Å². The summed E-state index contributed by atoms with van der Waals surface area (Å²) in [5.41, 5.74) is 2.17. The van der Waals surface area contributed by atoms with E-state index < -0.39 is 0 Å². The molecule has 104 valence electrons. The summed E-state index contributed by atoms with van der Waals surface area (Å²) in [5, 5.41) is 7.41. The number of methoxy groups -OCH3 is 1. The van der Waals surface area contributed by atoms with Crippen LogP contribution >= 0.6 is 12.2 Å². The quantitative estimate of drug-likeness (QED) is 0.827. The summed E-state index contributed by atoms with van der Waals surface area (Å²) in [6.45, 7) is 2.05. The second-order valence-corrected chi connectivity index (χ2v) is 5.52. The molecule has 0 radical (unpaired) electrons. The maximum absolute atomic E-state index is 5.38. The summed E-state index contributed by atoms with van der Waals surface area (Å²) in [7, 11) is 1.68. The maximum atomic E-state index is 5.38. The molecule has 1 aliphatic carbocycles. The van der Waals surface area contributed by atoms with E-state index in [1.54, 1.807) is 7.11 Å². The fraction of sp³-hybridized carbons (Fsp3) is 0.533. The highest BCUT2D eigenvalue weighted by atomic mass is 32.1. The number of ether oxygens (including phenoxy) is 1. The lowest BCUT2D eigenvalue weighted by atomic mass is 9.96. The van der Waals surface area contributed by atoms with Gasteiger partial charge in [-0.2, -0.15) is 0 Å². The molecule has 0 bridgehead atoms. The Hall–Kier alpha value is -1.29. The van der Waals surface area contributed by atoms with Crippen LogP contribution in [0, 0.1) is 6.92 Å². The van der Waals surface area contributed by atoms with Crippen LogP contribution in [0.1, 0.15) is 37.7 Å². The molecule has 1 aromatic carbocycles. The van der Waals surface area contributed by atoms with Crippen LogP contribution in [0.4, 0.5) is 5.69 Å². The predicted octanol–water partition coefficient (Wildman–Crippen LogP) is 3.62. The highest BCUT2D eigenvalue weighted by Crippen LogP contribution is 2.21. The average Bonchev–Trinajstić information content (AvgIpc) is 2.42. The van der Waals surface area contributed by atoms with Crippen molar-refractivity contribution in [2.24, 2.45) is 0 Å². The van der Waals surface area contributed by atoms with Crippen LogP contribution in [0.5, 0.6) is 5.75 Å². The SMILES string of the molecule is COc1ccc(NC(=S)NC2CCCCC2)c(C)c1. The van der Waals surface area contributed by atoms with Crippen LogP contribution in [-0.4, -0.2) is 18.3 Å². The van der Waals surface area contributed by atoms with Gasteiger partial charge in [0.15, 0.2) is 5.11 Å². The first-order chi connectivity index (χ1) is 9.19. The molecule has 0 heterocycles. The van der Waals surface area contributed by atoms with Gasteiger partial charge in [-0.3, -0.25) is 0 Å². The summed E-state index contributed by atoms with van der Waals surface area (Å²) in [6.07, 6.45) is 6.42. The number of aryl methyl sites for hydroxylation is 1. The van der Waals surface area contributed by atoms with E-state index in [1.165, 1.54) is 32.1 Å². The molecule has 19 heavy (non-hydrogen) atoms. The van der Waals surface area contributed by atoms with Gasteiger partial charge in [0.2, 0.25) is 0 Å². The third kappa shape index (κ3) is 4.10. The Bertz CT molecular complexity index is 442. The smallest absolute Gasteiger partial charge is 0.171 e. The van der Waals surface area contributed by atoms with Gasteiger partial charge in [0.05, 0.1) is 7.11 Å². The molecule has 0 spiro atoms. The summed E-state index contributed by atoms with van der Waals surface area (Å²) in [5.74, 6) is 0.870. The molecule has 2 N–H and O–H groups in total. The standard InChI is InChI=1S/C15H22N2OS/c1-11-10-13(18-2)8-9-14(11)17-15(19)16-12-6-4-3-5-7-12/h8-10,12H,3-7H2,1-2H3,(H2,16,17,19). The van der Waals surface area contributed by atoms with E-state index in [1.807, 2.05) is 25.1 Å². The van der Waals surface area contributed by atoms with Gasteiger partial charge >= 0.3 is 0 Å². The molecule has 3 nitrogen and oxygen atoms in total. The molecule has 1 saturated carbocycles. The molecule has 0 unspecified atom stereocenters. The Labute approximate surface area is 120 Å². The third-order valence-corrected chi connectivity index (χ3v) is 3.84. The van der Waals surface area contributed by atoms with Crippen LogP contribution in [0.3, 0.4) is 0 Å². The van der Waals surface area contributed by atoms with Gasteiger partial charge in [0.25, 0.3) is 0 Å². The van der Waals surface area contributed by atoms with Gasteiger partial charge in [0, 0.05) is 11.7 Å². The van der Waals surface area contributed by atoms with Crippen LogP contribution in [0.2, 0.25) is 0 Å². The van der Waals surface area contributed by atoms with Crippen LogP contribution in [0.15, 0.2) is 18.2 Å². The summed E-state index contributed by atoms with van der Waals surface area (Å²) >= 11 is 5.38. The van der Waals surface area contributed by atoms with Crippen molar-refractivity contribution in [2.75, 3.05) is 12.4 Å². The van der Waals surface area contributed by atoms with Crippen molar-refractivity contribution in [2.45, 2.75) is 45.1 Å². The molecule has 1 fully saturated rings. The van der Waals surface area contributed by atoms with Crippen LogP contribution < -0.4 is 15.4 Å². The third-order valence-electron chi connectivity index (χ3n) is 3.62. The molecule has 0 aromatic heterocycles. The molecule has 0 aliphatic heterocycles. The zero-order valence-corrected chi connectivity index (χ0v) is 12.5. The van der Waals surface area contributed by atoms with Crippen molar-refractivity contribution in [1.29, 1.82) is 0 Å². The molecule has 1 aromatic rings. The van der Waals surface area contributed by atoms with Crippen LogP contribution in [0.25, 0.3) is 0 Å². The fourth-order valence-corrected chi connectivity index (χ4v) is 2.77. The minimum Gasteiger partial charge on any atom is -0.497 e. The Kier molecular flexibility index (Phi) is 5.02. The van der Waals surface area contributed by atoms with Gasteiger partial charge in [-0.05, 0) is 55.7 Å². The number of hydrogen-bond donors (Lipinski definition) is 2. The predicted molar refractivity (Wildman–Crippen MR) is 84.0 cm³/mol. The first-order valence-corrected chi connectivity index (χ1v) is 7.32. The zero-order chi connectivity index (χ0) is 13.7. The summed E-state index contributed by atoms with van der Waals surface area (Å²) in [4.78, 5) is 0. The van der Waals surface area contributed by atoms with Gasteiger partial charge in [-0.15, -0.1) is 0 Å². The van der Waals surface area contributed by atoms with Gasteiger partial charge < -0.3 is 15.4 Å². The molecule has 4 heteroatoms. The highest BCUT2D eigenvalue weighted by Gasteiger charge is 2.14. The Morgan fingerprint density at radius 1 is 1.26 bits per heavy atom. The van der Waals surface area contributed by atoms with E-state index in [2.05, 4.69) is 10.6 Å². The fourth-order valence-electron chi connectivity index (χ4n) is 2.49. The monoisotopic (exact) mass is 278 g/mol. The van der Waals surface area contributed by atoms with E-state index in [-0.39, 0.29) is 0 Å². The average molecular weight is 278 g/mol. The Balaban J connectivity index is 1.91. The van der Waals surface area contributed by atoms with Crippen LogP contribution in [-0.2, 0) is 0 Å². The molecule has 0 saturated heterocycles. The number of benzene rings is 1. The Morgan fingerprint density at radius 3 is 2.63 bits per heavy atom. The number of rotatable bonds is 3. The molecule has 2 rings (SSSR count). The number of thiocarbonyl (C=S) groups is 1. The molecule has 0 amide bonds. The largest absolute Gasteiger partial charge is 0.497 e. The van der Waals surface area contributed by atoms with Gasteiger partial charge in [-0.1, -0.05) is 19.3 Å². The lowest BCUT2D eigenvalue weighted by molar-refractivity contribution is 0.414. The van der Waals surface area contributed by atoms with E-state index in [0.717, 1.165) is 22.1 Å². The zero-order valence-electron chi connectivity index (χ0n) is 11.7. The number of nitrogens with one attached hydrogen (secondary N) is 2. The second-order valence-electron chi connectivity index (χ2n) is 5.11. The van der Waals surface area contributed by atoms with Crippen molar-refractivity contribution >= 4 is 23.0 Å². The molecular formula is C15H22N2OS. The van der Waals surface area contributed by atoms with Crippen molar-refractivity contribution in [1.82, 2.24) is 5.32 Å². The molecular weight excluding hydrogens is 256 g/mol. The van der Waals surface area contributed by atoms with Crippen molar-refractivity contribution < 1.29 is 4.74 Å². The summed E-state index contributed by atoms with van der Waals surface area (Å²) in [6, 6.07) is 6.49. The van der Waals surface area contributed by atoms with Gasteiger partial charge in [0.1, 0.15) is 5.75 Å². The lowest BCUT2D eigenvalue weighted by Gasteiger charge is -2.24. The van der Waals surface area contributed by atoms with Crippen molar-refractivity contribution in [3.8, 4) is 5.75 Å². The molecule has 0 atom stereocenters. The topological polar surface area (TPSA) is 33.3 Å². The molecule has 1 aliphatic rings. The highest BCUT2D eigenvalue weighted by molar-refractivity contribution is 7.80. The van der Waals surface area contributed by atoms with Crippen molar-refractivity contribution in [3.05, 3.63) is 23.8 Å². The lowest BCUT2D eigenvalue weighted by Crippen LogP contribution is -2.38. The van der Waals surface area contributed by atoms with E-state index in [4.69, 9.17) is 17.0 Å². The van der Waals surface area contributed by atoms with E-state index in [9.17, 15) is 0 Å². The first-order valence-electron chi connectivity index (χ1n) is 6.91. The minimum atomic E-state index is 0.535. The minimum absolute atomic E-state index is 0.535. The number of anilines is 1. The number of hydrogen-bond acceptors (Lipinski definition) is 2. The second kappa shape index (κ2) is 6.75.